The summed E-state index contributed by atoms with van der Waals surface area (Å²) >= 11 is 12.3. The Morgan fingerprint density at radius 2 is 1.79 bits per heavy atom. The number of hydrogen-bond donors (Lipinski definition) is 1. The summed E-state index contributed by atoms with van der Waals surface area (Å²) in [6, 6.07) is 16.0. The van der Waals surface area contributed by atoms with Crippen molar-refractivity contribution < 1.29 is 9.90 Å². The van der Waals surface area contributed by atoms with Gasteiger partial charge in [-0.25, -0.2) is 4.98 Å². The number of aliphatic hydroxyl groups is 1. The molecule has 1 N–H and O–H groups in total. The first-order chi connectivity index (χ1) is 13.8. The SMILES string of the molecule is CN(C)c1cccc(-c2c(Cl)nc(Cl)c(=O)n2C(O)(C=O)Cc2ccccc2)c1. The van der Waals surface area contributed by atoms with Gasteiger partial charge < -0.3 is 10.0 Å². The zero-order valence-corrected chi connectivity index (χ0v) is 17.4. The van der Waals surface area contributed by atoms with E-state index in [-0.39, 0.29) is 17.3 Å². The number of anilines is 1. The van der Waals surface area contributed by atoms with Crippen LogP contribution in [-0.4, -0.2) is 35.0 Å². The maximum Gasteiger partial charge on any atom is 0.291 e. The van der Waals surface area contributed by atoms with Gasteiger partial charge in [0.25, 0.3) is 5.56 Å². The fourth-order valence-electron chi connectivity index (χ4n) is 3.09. The van der Waals surface area contributed by atoms with Crippen molar-refractivity contribution in [2.24, 2.45) is 0 Å². The summed E-state index contributed by atoms with van der Waals surface area (Å²) in [6.07, 6.45) is 0.168. The van der Waals surface area contributed by atoms with Crippen LogP contribution in [0.4, 0.5) is 5.69 Å². The first-order valence-corrected chi connectivity index (χ1v) is 9.51. The molecule has 1 heterocycles. The maximum atomic E-state index is 12.9. The molecule has 8 heteroatoms. The number of carbonyl (C=O) groups excluding carboxylic acids is 1. The molecule has 0 saturated carbocycles. The lowest BCUT2D eigenvalue weighted by Gasteiger charge is -2.28. The number of aromatic nitrogens is 2. The van der Waals surface area contributed by atoms with Crippen LogP contribution in [0.5, 0.6) is 0 Å². The minimum atomic E-state index is -2.21. The van der Waals surface area contributed by atoms with Gasteiger partial charge in [0.15, 0.2) is 16.6 Å². The van der Waals surface area contributed by atoms with E-state index in [1.165, 1.54) is 0 Å². The summed E-state index contributed by atoms with van der Waals surface area (Å²) in [6.45, 7) is 0. The molecule has 0 fully saturated rings. The van der Waals surface area contributed by atoms with Crippen LogP contribution in [0.15, 0.2) is 59.4 Å². The van der Waals surface area contributed by atoms with E-state index in [4.69, 9.17) is 23.2 Å². The predicted octanol–water partition coefficient (Wildman–Crippen LogP) is 3.37. The molecular formula is C21H19Cl2N3O3. The van der Waals surface area contributed by atoms with Crippen molar-refractivity contribution in [1.29, 1.82) is 0 Å². The molecule has 0 radical (unpaired) electrons. The van der Waals surface area contributed by atoms with E-state index in [0.717, 1.165) is 10.3 Å². The van der Waals surface area contributed by atoms with Crippen molar-refractivity contribution in [3.05, 3.63) is 80.8 Å². The molecule has 150 valence electrons. The number of aldehydes is 1. The van der Waals surface area contributed by atoms with Crippen molar-refractivity contribution >= 4 is 35.2 Å². The van der Waals surface area contributed by atoms with Gasteiger partial charge in [0.1, 0.15) is 0 Å². The molecule has 3 aromatic rings. The van der Waals surface area contributed by atoms with Crippen LogP contribution in [0, 0.1) is 0 Å². The van der Waals surface area contributed by atoms with Gasteiger partial charge in [0, 0.05) is 31.8 Å². The lowest BCUT2D eigenvalue weighted by molar-refractivity contribution is -0.134. The van der Waals surface area contributed by atoms with E-state index in [9.17, 15) is 14.7 Å². The summed E-state index contributed by atoms with van der Waals surface area (Å²) in [5.41, 5.74) is -0.910. The molecule has 0 saturated heterocycles. The fourth-order valence-corrected chi connectivity index (χ4v) is 3.58. The third-order valence-corrected chi connectivity index (χ3v) is 5.02. The number of benzene rings is 2. The summed E-state index contributed by atoms with van der Waals surface area (Å²) in [5.74, 6) is 0. The van der Waals surface area contributed by atoms with Crippen molar-refractivity contribution in [3.63, 3.8) is 0 Å². The zero-order valence-electron chi connectivity index (χ0n) is 15.8. The molecule has 0 aliphatic heterocycles. The van der Waals surface area contributed by atoms with Crippen LogP contribution < -0.4 is 10.5 Å². The van der Waals surface area contributed by atoms with Crippen molar-refractivity contribution in [1.82, 2.24) is 9.55 Å². The van der Waals surface area contributed by atoms with Crippen LogP contribution in [0.1, 0.15) is 5.56 Å². The normalized spacial score (nSPS) is 13.0. The monoisotopic (exact) mass is 431 g/mol. The van der Waals surface area contributed by atoms with Gasteiger partial charge in [0.2, 0.25) is 5.72 Å². The Morgan fingerprint density at radius 1 is 1.10 bits per heavy atom. The molecule has 0 aliphatic rings. The number of carbonyl (C=O) groups is 1. The van der Waals surface area contributed by atoms with Crippen molar-refractivity contribution in [2.75, 3.05) is 19.0 Å². The molecule has 6 nitrogen and oxygen atoms in total. The summed E-state index contributed by atoms with van der Waals surface area (Å²) in [5, 5.41) is 10.7. The second-order valence-electron chi connectivity index (χ2n) is 6.79. The van der Waals surface area contributed by atoms with Gasteiger partial charge in [-0.1, -0.05) is 65.7 Å². The molecule has 0 spiro atoms. The Hall–Kier alpha value is -2.67. The zero-order chi connectivity index (χ0) is 21.2. The van der Waals surface area contributed by atoms with Crippen LogP contribution >= 0.6 is 23.2 Å². The van der Waals surface area contributed by atoms with Crippen LogP contribution in [-0.2, 0) is 16.9 Å². The van der Waals surface area contributed by atoms with Crippen LogP contribution in [0.2, 0.25) is 10.3 Å². The van der Waals surface area contributed by atoms with E-state index in [1.54, 1.807) is 42.5 Å². The van der Waals surface area contributed by atoms with E-state index >= 15 is 0 Å². The van der Waals surface area contributed by atoms with Gasteiger partial charge in [-0.15, -0.1) is 0 Å². The van der Waals surface area contributed by atoms with E-state index < -0.39 is 16.4 Å². The Bertz CT molecular complexity index is 1100. The van der Waals surface area contributed by atoms with Crippen LogP contribution in [0.3, 0.4) is 0 Å². The molecule has 2 aromatic carbocycles. The summed E-state index contributed by atoms with van der Waals surface area (Å²) < 4.78 is 0.916. The quantitative estimate of drug-likeness (QED) is 0.605. The third kappa shape index (κ3) is 4.19. The minimum Gasteiger partial charge on any atom is -0.378 e. The highest BCUT2D eigenvalue weighted by Crippen LogP contribution is 2.32. The molecule has 1 unspecified atom stereocenters. The smallest absolute Gasteiger partial charge is 0.291 e. The van der Waals surface area contributed by atoms with Gasteiger partial charge in [-0.3, -0.25) is 14.2 Å². The summed E-state index contributed by atoms with van der Waals surface area (Å²) in [4.78, 5) is 30.7. The largest absolute Gasteiger partial charge is 0.378 e. The molecular weight excluding hydrogens is 413 g/mol. The minimum absolute atomic E-state index is 0.0983. The second-order valence-corrected chi connectivity index (χ2v) is 7.50. The lowest BCUT2D eigenvalue weighted by atomic mass is 10.0. The highest BCUT2D eigenvalue weighted by molar-refractivity contribution is 6.33. The lowest BCUT2D eigenvalue weighted by Crippen LogP contribution is -2.45. The molecule has 0 amide bonds. The highest BCUT2D eigenvalue weighted by atomic mass is 35.5. The topological polar surface area (TPSA) is 75.4 Å². The Kier molecular flexibility index (Phi) is 6.07. The number of rotatable bonds is 6. The molecule has 0 aliphatic carbocycles. The van der Waals surface area contributed by atoms with E-state index in [0.29, 0.717) is 17.4 Å². The molecule has 1 atom stereocenters. The Balaban J connectivity index is 2.29. The fraction of sp³-hybridized carbons (Fsp3) is 0.190. The number of hydrogen-bond acceptors (Lipinski definition) is 5. The second kappa shape index (κ2) is 8.37. The molecule has 0 bridgehead atoms. The third-order valence-electron chi connectivity index (χ3n) is 4.51. The average molecular weight is 432 g/mol. The Morgan fingerprint density at radius 3 is 2.41 bits per heavy atom. The van der Waals surface area contributed by atoms with Gasteiger partial charge in [-0.2, -0.15) is 0 Å². The van der Waals surface area contributed by atoms with Crippen molar-refractivity contribution in [2.45, 2.75) is 12.1 Å². The standard InChI is InChI=1S/C21H19Cl2N3O3/c1-25(2)16-10-6-9-15(11-16)17-18(22)24-19(23)20(28)26(17)21(29,13-27)12-14-7-4-3-5-8-14/h3-11,13,29H,12H2,1-2H3. The first-order valence-electron chi connectivity index (χ1n) is 8.76. The first kappa shape index (κ1) is 21.0. The van der Waals surface area contributed by atoms with E-state index in [1.807, 2.05) is 31.1 Å². The number of nitrogens with zero attached hydrogens (tertiary/aromatic N) is 3. The molecule has 3 rings (SSSR count). The highest BCUT2D eigenvalue weighted by Gasteiger charge is 2.35. The molecule has 1 aromatic heterocycles. The average Bonchev–Trinajstić information content (AvgIpc) is 2.71. The van der Waals surface area contributed by atoms with E-state index in [2.05, 4.69) is 4.98 Å². The predicted molar refractivity (Wildman–Crippen MR) is 115 cm³/mol. The van der Waals surface area contributed by atoms with Gasteiger partial charge >= 0.3 is 0 Å². The molecule has 29 heavy (non-hydrogen) atoms. The Labute approximate surface area is 178 Å². The number of halogens is 2. The van der Waals surface area contributed by atoms with Gasteiger partial charge in [0.05, 0.1) is 5.69 Å². The van der Waals surface area contributed by atoms with Gasteiger partial charge in [-0.05, 0) is 17.7 Å². The van der Waals surface area contributed by atoms with Crippen LogP contribution in [0.25, 0.3) is 11.3 Å². The van der Waals surface area contributed by atoms with Crippen molar-refractivity contribution in [3.8, 4) is 11.3 Å². The summed E-state index contributed by atoms with van der Waals surface area (Å²) in [7, 11) is 3.73. The maximum absolute atomic E-state index is 12.9.